The first-order valence-electron chi connectivity index (χ1n) is 9.62. The zero-order valence-corrected chi connectivity index (χ0v) is 20.8. The number of halogens is 2. The Balaban J connectivity index is 1.68. The minimum absolute atomic E-state index is 0.251. The van der Waals surface area contributed by atoms with Crippen molar-refractivity contribution in [3.63, 3.8) is 0 Å². The number of nitrogens with one attached hydrogen (secondary N) is 2. The molecule has 0 bridgehead atoms. The van der Waals surface area contributed by atoms with Crippen molar-refractivity contribution in [2.45, 2.75) is 13.0 Å². The fourth-order valence-corrected chi connectivity index (χ4v) is 4.76. The van der Waals surface area contributed by atoms with Crippen LogP contribution in [0, 0.1) is 0 Å². The van der Waals surface area contributed by atoms with Gasteiger partial charge in [-0.15, -0.1) is 0 Å². The Hall–Kier alpha value is -3.02. The number of carbonyl (C=O) groups is 3. The molecule has 2 aromatic heterocycles. The van der Waals surface area contributed by atoms with E-state index in [0.717, 1.165) is 14.7 Å². The number of aromatic nitrogens is 2. The highest BCUT2D eigenvalue weighted by Gasteiger charge is 2.24. The van der Waals surface area contributed by atoms with Crippen LogP contribution in [0.25, 0.3) is 10.2 Å². The van der Waals surface area contributed by atoms with E-state index < -0.39 is 18.3 Å². The topological polar surface area (TPSA) is 115 Å². The number of rotatable bonds is 7. The zero-order chi connectivity index (χ0) is 23.5. The van der Waals surface area contributed by atoms with Crippen LogP contribution in [0.4, 0.5) is 10.8 Å². The van der Waals surface area contributed by atoms with Crippen molar-refractivity contribution in [3.05, 3.63) is 74.9 Å². The summed E-state index contributed by atoms with van der Waals surface area (Å²) in [6, 6.07) is 16.4. The summed E-state index contributed by atoms with van der Waals surface area (Å²) in [4.78, 5) is 45.2. The van der Waals surface area contributed by atoms with E-state index in [1.165, 1.54) is 11.3 Å². The number of anilines is 2. The number of aliphatic carboxylic acids is 1. The van der Waals surface area contributed by atoms with Gasteiger partial charge in [0.05, 0.1) is 25.8 Å². The number of carboxylic acids is 1. The Morgan fingerprint density at radius 1 is 1.09 bits per heavy atom. The smallest absolute Gasteiger partial charge is 0.312 e. The lowest BCUT2D eigenvalue weighted by molar-refractivity contribution is -0.139. The standard InChI is InChI=1S/C22H16Br2N4O4S/c23-14-9-16(26-20(14)24)21(32)28(11-12-4-2-1-3-5-12)22-27-15-7-6-13(8-17(15)33-22)25-18(29)10-19(30)31/h1-9,26H,10-11H2,(H,25,29)(H,30,31). The highest BCUT2D eigenvalue weighted by Crippen LogP contribution is 2.33. The zero-order valence-electron chi connectivity index (χ0n) is 16.8. The second-order valence-electron chi connectivity index (χ2n) is 7.02. The Labute approximate surface area is 208 Å². The van der Waals surface area contributed by atoms with Crippen molar-refractivity contribution in [2.75, 3.05) is 10.2 Å². The molecule has 0 unspecified atom stereocenters. The van der Waals surface area contributed by atoms with Gasteiger partial charge in [-0.1, -0.05) is 41.7 Å². The summed E-state index contributed by atoms with van der Waals surface area (Å²) < 4.78 is 2.14. The molecule has 0 atom stereocenters. The van der Waals surface area contributed by atoms with Gasteiger partial charge in [-0.2, -0.15) is 0 Å². The maximum atomic E-state index is 13.4. The summed E-state index contributed by atoms with van der Waals surface area (Å²) >= 11 is 8.07. The van der Waals surface area contributed by atoms with Gasteiger partial charge in [-0.05, 0) is 61.7 Å². The normalized spacial score (nSPS) is 10.8. The van der Waals surface area contributed by atoms with Crippen LogP contribution < -0.4 is 10.2 Å². The molecule has 8 nitrogen and oxygen atoms in total. The van der Waals surface area contributed by atoms with E-state index >= 15 is 0 Å². The molecule has 2 amide bonds. The first-order chi connectivity index (χ1) is 15.8. The van der Waals surface area contributed by atoms with Crippen molar-refractivity contribution < 1.29 is 19.5 Å². The largest absolute Gasteiger partial charge is 0.481 e. The van der Waals surface area contributed by atoms with E-state index in [4.69, 9.17) is 5.11 Å². The molecule has 168 valence electrons. The number of fused-ring (bicyclic) bond motifs is 1. The third kappa shape index (κ3) is 5.49. The molecule has 4 rings (SSSR count). The summed E-state index contributed by atoms with van der Waals surface area (Å²) in [6.07, 6.45) is -0.618. The molecule has 0 saturated carbocycles. The Morgan fingerprint density at radius 3 is 2.52 bits per heavy atom. The van der Waals surface area contributed by atoms with Crippen LogP contribution in [0.15, 0.2) is 63.7 Å². The molecule has 4 aromatic rings. The SMILES string of the molecule is O=C(O)CC(=O)Nc1ccc2nc(N(Cc3ccccc3)C(=O)c3cc(Br)c(Br)[nH]3)sc2c1. The van der Waals surface area contributed by atoms with Crippen molar-refractivity contribution in [3.8, 4) is 0 Å². The summed E-state index contributed by atoms with van der Waals surface area (Å²) in [5.41, 5.74) is 2.45. The summed E-state index contributed by atoms with van der Waals surface area (Å²) in [5, 5.41) is 11.8. The van der Waals surface area contributed by atoms with Crippen molar-refractivity contribution in [1.29, 1.82) is 0 Å². The van der Waals surface area contributed by atoms with Gasteiger partial charge in [0.1, 0.15) is 12.1 Å². The number of hydrogen-bond acceptors (Lipinski definition) is 5. The van der Waals surface area contributed by atoms with Gasteiger partial charge in [0.15, 0.2) is 5.13 Å². The fraction of sp³-hybridized carbons (Fsp3) is 0.0909. The third-order valence-corrected chi connectivity index (χ3v) is 7.41. The molecule has 0 aliphatic carbocycles. The number of hydrogen-bond donors (Lipinski definition) is 3. The molecule has 0 fully saturated rings. The Kier molecular flexibility index (Phi) is 6.91. The number of H-pyrrole nitrogens is 1. The molecular weight excluding hydrogens is 576 g/mol. The number of aromatic amines is 1. The predicted molar refractivity (Wildman–Crippen MR) is 134 cm³/mol. The van der Waals surface area contributed by atoms with E-state index in [-0.39, 0.29) is 5.91 Å². The molecule has 0 radical (unpaired) electrons. The predicted octanol–water partition coefficient (Wildman–Crippen LogP) is 5.41. The average molecular weight is 592 g/mol. The number of thiazole rings is 1. The second kappa shape index (κ2) is 9.86. The molecule has 11 heteroatoms. The van der Waals surface area contributed by atoms with Crippen LogP contribution in [0.2, 0.25) is 0 Å². The molecule has 2 aromatic carbocycles. The first kappa shape index (κ1) is 23.1. The summed E-state index contributed by atoms with van der Waals surface area (Å²) in [6.45, 7) is 0.315. The van der Waals surface area contributed by atoms with Gasteiger partial charge in [0.25, 0.3) is 5.91 Å². The minimum atomic E-state index is -1.20. The van der Waals surface area contributed by atoms with Gasteiger partial charge >= 0.3 is 5.97 Å². The van der Waals surface area contributed by atoms with Gasteiger partial charge < -0.3 is 15.4 Å². The lowest BCUT2D eigenvalue weighted by Gasteiger charge is -2.19. The lowest BCUT2D eigenvalue weighted by Crippen LogP contribution is -2.30. The molecule has 3 N–H and O–H groups in total. The van der Waals surface area contributed by atoms with Gasteiger partial charge in [0, 0.05) is 5.69 Å². The quantitative estimate of drug-likeness (QED) is 0.249. The van der Waals surface area contributed by atoms with E-state index in [2.05, 4.69) is 47.1 Å². The van der Waals surface area contributed by atoms with Crippen LogP contribution in [0.5, 0.6) is 0 Å². The summed E-state index contributed by atoms with van der Waals surface area (Å²) in [7, 11) is 0. The fourth-order valence-electron chi connectivity index (χ4n) is 3.11. The van der Waals surface area contributed by atoms with E-state index in [1.807, 2.05) is 30.3 Å². The van der Waals surface area contributed by atoms with Crippen LogP contribution in [-0.2, 0) is 16.1 Å². The molecule has 0 spiro atoms. The third-order valence-electron chi connectivity index (χ3n) is 4.59. The number of nitrogens with zero attached hydrogens (tertiary/aromatic N) is 2. The van der Waals surface area contributed by atoms with Crippen molar-refractivity contribution in [1.82, 2.24) is 9.97 Å². The minimum Gasteiger partial charge on any atom is -0.481 e. The number of carboxylic acid groups (broad SMARTS) is 1. The molecule has 33 heavy (non-hydrogen) atoms. The van der Waals surface area contributed by atoms with Crippen molar-refractivity contribution in [2.24, 2.45) is 0 Å². The van der Waals surface area contributed by atoms with Crippen LogP contribution in [0.1, 0.15) is 22.5 Å². The van der Waals surface area contributed by atoms with E-state index in [1.54, 1.807) is 29.2 Å². The van der Waals surface area contributed by atoms with Gasteiger partial charge in [-0.3, -0.25) is 19.3 Å². The molecule has 0 aliphatic heterocycles. The van der Waals surface area contributed by atoms with Crippen molar-refractivity contribution >= 4 is 82.0 Å². The number of benzene rings is 2. The summed E-state index contributed by atoms with van der Waals surface area (Å²) in [5.74, 6) is -2.07. The lowest BCUT2D eigenvalue weighted by atomic mass is 10.2. The molecule has 0 saturated heterocycles. The number of carbonyl (C=O) groups excluding carboxylic acids is 2. The molecule has 0 aliphatic rings. The van der Waals surface area contributed by atoms with E-state index in [0.29, 0.717) is 33.2 Å². The Bertz CT molecular complexity index is 1330. The van der Waals surface area contributed by atoms with Gasteiger partial charge in [-0.25, -0.2) is 4.98 Å². The highest BCUT2D eigenvalue weighted by molar-refractivity contribution is 9.13. The first-order valence-corrected chi connectivity index (χ1v) is 12.0. The number of amides is 2. The highest BCUT2D eigenvalue weighted by atomic mass is 79.9. The van der Waals surface area contributed by atoms with Crippen LogP contribution in [0.3, 0.4) is 0 Å². The molecular formula is C22H16Br2N4O4S. The maximum absolute atomic E-state index is 13.4. The van der Waals surface area contributed by atoms with Crippen LogP contribution >= 0.6 is 43.2 Å². The molecule has 2 heterocycles. The van der Waals surface area contributed by atoms with E-state index in [9.17, 15) is 14.4 Å². The monoisotopic (exact) mass is 590 g/mol. The Morgan fingerprint density at radius 2 is 1.85 bits per heavy atom. The van der Waals surface area contributed by atoms with Gasteiger partial charge in [0.2, 0.25) is 5.91 Å². The second-order valence-corrected chi connectivity index (χ2v) is 9.68. The van der Waals surface area contributed by atoms with Crippen LogP contribution in [-0.4, -0.2) is 32.9 Å². The maximum Gasteiger partial charge on any atom is 0.312 e. The average Bonchev–Trinajstić information content (AvgIpc) is 3.34.